The molecule has 2 aromatic rings. The third kappa shape index (κ3) is 4.37. The maximum atomic E-state index is 12.2. The molecule has 0 fully saturated rings. The largest absolute Gasteiger partial charge is 0.486 e. The number of amides is 1. The van der Waals surface area contributed by atoms with E-state index in [-0.39, 0.29) is 0 Å². The molecule has 27 heavy (non-hydrogen) atoms. The first-order chi connectivity index (χ1) is 12.9. The van der Waals surface area contributed by atoms with Crippen LogP contribution in [-0.4, -0.2) is 47.1 Å². The summed E-state index contributed by atoms with van der Waals surface area (Å²) in [6.45, 7) is 0.952. The fourth-order valence-corrected chi connectivity index (χ4v) is 2.94. The first-order valence-electron chi connectivity index (χ1n) is 8.12. The summed E-state index contributed by atoms with van der Waals surface area (Å²) in [7, 11) is -1.91. The Morgan fingerprint density at radius 2 is 1.85 bits per heavy atom. The minimum absolute atomic E-state index is 0.354. The average molecular weight is 389 g/mol. The van der Waals surface area contributed by atoms with Gasteiger partial charge in [-0.25, -0.2) is 13.8 Å². The zero-order valence-corrected chi connectivity index (χ0v) is 15.7. The number of para-hydroxylation sites is 1. The van der Waals surface area contributed by atoms with E-state index in [1.165, 1.54) is 25.4 Å². The van der Waals surface area contributed by atoms with Crippen molar-refractivity contribution in [3.63, 3.8) is 0 Å². The van der Waals surface area contributed by atoms with Crippen LogP contribution in [-0.2, 0) is 10.0 Å². The summed E-state index contributed by atoms with van der Waals surface area (Å²) in [6, 6.07) is 11.6. The fraction of sp³-hybridized carbons (Fsp3) is 0.222. The van der Waals surface area contributed by atoms with Crippen molar-refractivity contribution in [3.8, 4) is 11.5 Å². The van der Waals surface area contributed by atoms with Gasteiger partial charge in [0, 0.05) is 18.2 Å². The van der Waals surface area contributed by atoms with Crippen molar-refractivity contribution in [2.75, 3.05) is 30.8 Å². The fourth-order valence-electron chi connectivity index (χ4n) is 2.44. The molecule has 0 spiro atoms. The Morgan fingerprint density at radius 1 is 1.15 bits per heavy atom. The van der Waals surface area contributed by atoms with Gasteiger partial charge in [0.25, 0.3) is 5.91 Å². The van der Waals surface area contributed by atoms with Crippen molar-refractivity contribution < 1.29 is 22.7 Å². The summed E-state index contributed by atoms with van der Waals surface area (Å²) < 4.78 is 35.3. The molecule has 0 saturated heterocycles. The molecule has 1 aliphatic rings. The highest BCUT2D eigenvalue weighted by Gasteiger charge is 2.15. The molecule has 0 atom stereocenters. The molecule has 1 N–H and O–H groups in total. The van der Waals surface area contributed by atoms with Crippen LogP contribution in [0.4, 0.5) is 5.69 Å². The maximum absolute atomic E-state index is 12.2. The van der Waals surface area contributed by atoms with Gasteiger partial charge in [0.05, 0.1) is 18.2 Å². The van der Waals surface area contributed by atoms with Crippen LogP contribution < -0.4 is 19.2 Å². The summed E-state index contributed by atoms with van der Waals surface area (Å²) in [6.07, 6.45) is 2.59. The molecule has 9 heteroatoms. The standard InChI is InChI=1S/C18H19N3O5S/c1-21(27(2,23)24)15-8-6-13(7-9-15)18(22)20-19-12-14-4-3-5-16-17(14)26-11-10-25-16/h3-9,12H,10-11H2,1-2H3,(H,20,22)/b19-12-. The molecule has 1 heterocycles. The van der Waals surface area contributed by atoms with Gasteiger partial charge < -0.3 is 9.47 Å². The van der Waals surface area contributed by atoms with E-state index in [2.05, 4.69) is 10.5 Å². The van der Waals surface area contributed by atoms with Crippen LogP contribution in [0.25, 0.3) is 0 Å². The Labute approximate surface area is 157 Å². The van der Waals surface area contributed by atoms with E-state index < -0.39 is 15.9 Å². The number of anilines is 1. The number of carbonyl (C=O) groups excluding carboxylic acids is 1. The molecule has 3 rings (SSSR count). The van der Waals surface area contributed by atoms with Gasteiger partial charge in [0.2, 0.25) is 10.0 Å². The van der Waals surface area contributed by atoms with Crippen LogP contribution in [0.5, 0.6) is 11.5 Å². The number of benzene rings is 2. The summed E-state index contributed by atoms with van der Waals surface area (Å²) in [5.41, 5.74) is 3.95. The Morgan fingerprint density at radius 3 is 2.56 bits per heavy atom. The van der Waals surface area contributed by atoms with Gasteiger partial charge in [-0.15, -0.1) is 0 Å². The lowest BCUT2D eigenvalue weighted by Gasteiger charge is -2.19. The van der Waals surface area contributed by atoms with Gasteiger partial charge in [-0.05, 0) is 36.4 Å². The normalized spacial score (nSPS) is 13.4. The molecule has 0 aliphatic carbocycles. The van der Waals surface area contributed by atoms with Gasteiger partial charge in [0.15, 0.2) is 11.5 Å². The molecule has 0 radical (unpaired) electrons. The number of ether oxygens (including phenoxy) is 2. The van der Waals surface area contributed by atoms with Crippen LogP contribution in [0.1, 0.15) is 15.9 Å². The number of hydrogen-bond acceptors (Lipinski definition) is 6. The zero-order chi connectivity index (χ0) is 19.4. The summed E-state index contributed by atoms with van der Waals surface area (Å²) in [4.78, 5) is 12.2. The third-order valence-corrected chi connectivity index (χ3v) is 5.16. The van der Waals surface area contributed by atoms with E-state index in [1.54, 1.807) is 24.3 Å². The van der Waals surface area contributed by atoms with Crippen LogP contribution in [0.3, 0.4) is 0 Å². The molecule has 8 nitrogen and oxygen atoms in total. The zero-order valence-electron chi connectivity index (χ0n) is 14.9. The topological polar surface area (TPSA) is 97.3 Å². The van der Waals surface area contributed by atoms with Crippen LogP contribution in [0, 0.1) is 0 Å². The first-order valence-corrected chi connectivity index (χ1v) is 9.97. The molecular formula is C18H19N3O5S. The molecule has 142 valence electrons. The van der Waals surface area contributed by atoms with E-state index in [0.717, 1.165) is 10.6 Å². The lowest BCUT2D eigenvalue weighted by molar-refractivity contribution is 0.0955. The van der Waals surface area contributed by atoms with Gasteiger partial charge >= 0.3 is 0 Å². The average Bonchev–Trinajstić information content (AvgIpc) is 2.67. The minimum Gasteiger partial charge on any atom is -0.486 e. The highest BCUT2D eigenvalue weighted by atomic mass is 32.2. The number of nitrogens with zero attached hydrogens (tertiary/aromatic N) is 2. The predicted octanol–water partition coefficient (Wildman–Crippen LogP) is 1.62. The number of rotatable bonds is 5. The molecule has 1 aliphatic heterocycles. The minimum atomic E-state index is -3.35. The first kappa shape index (κ1) is 18.7. The van der Waals surface area contributed by atoms with Gasteiger partial charge in [-0.2, -0.15) is 5.10 Å². The SMILES string of the molecule is CN(c1ccc(C(=O)N/N=C\c2cccc3c2OCCO3)cc1)S(C)(=O)=O. The van der Waals surface area contributed by atoms with Crippen molar-refractivity contribution in [2.45, 2.75) is 0 Å². The second kappa shape index (κ2) is 7.67. The van der Waals surface area contributed by atoms with Crippen LogP contribution in [0.2, 0.25) is 0 Å². The summed E-state index contributed by atoms with van der Waals surface area (Å²) in [5, 5.41) is 3.96. The third-order valence-electron chi connectivity index (χ3n) is 3.96. The van der Waals surface area contributed by atoms with Crippen LogP contribution >= 0.6 is 0 Å². The van der Waals surface area contributed by atoms with Gasteiger partial charge in [-0.1, -0.05) is 6.07 Å². The van der Waals surface area contributed by atoms with E-state index in [4.69, 9.17) is 9.47 Å². The lowest BCUT2D eigenvalue weighted by Crippen LogP contribution is -2.25. The highest BCUT2D eigenvalue weighted by molar-refractivity contribution is 7.92. The quantitative estimate of drug-likeness (QED) is 0.619. The Kier molecular flexibility index (Phi) is 5.31. The van der Waals surface area contributed by atoms with E-state index in [1.807, 2.05) is 6.07 Å². The molecule has 0 unspecified atom stereocenters. The molecule has 0 saturated carbocycles. The molecule has 1 amide bonds. The van der Waals surface area contributed by atoms with Crippen molar-refractivity contribution in [2.24, 2.45) is 5.10 Å². The monoisotopic (exact) mass is 389 g/mol. The maximum Gasteiger partial charge on any atom is 0.271 e. The van der Waals surface area contributed by atoms with Crippen molar-refractivity contribution in [1.82, 2.24) is 5.43 Å². The van der Waals surface area contributed by atoms with Crippen molar-refractivity contribution in [3.05, 3.63) is 53.6 Å². The number of sulfonamides is 1. The summed E-state index contributed by atoms with van der Waals surface area (Å²) >= 11 is 0. The van der Waals surface area contributed by atoms with Gasteiger partial charge in [-0.3, -0.25) is 9.10 Å². The smallest absolute Gasteiger partial charge is 0.271 e. The number of nitrogens with one attached hydrogen (secondary N) is 1. The second-order valence-corrected chi connectivity index (χ2v) is 7.86. The predicted molar refractivity (Wildman–Crippen MR) is 102 cm³/mol. The Hall–Kier alpha value is -3.07. The highest BCUT2D eigenvalue weighted by Crippen LogP contribution is 2.32. The second-order valence-electron chi connectivity index (χ2n) is 5.85. The molecular weight excluding hydrogens is 370 g/mol. The van der Waals surface area contributed by atoms with Crippen molar-refractivity contribution >= 4 is 27.8 Å². The van der Waals surface area contributed by atoms with Gasteiger partial charge in [0.1, 0.15) is 13.2 Å². The Bertz CT molecular complexity index is 971. The van der Waals surface area contributed by atoms with E-state index in [9.17, 15) is 13.2 Å². The lowest BCUT2D eigenvalue weighted by atomic mass is 10.2. The van der Waals surface area contributed by atoms with E-state index in [0.29, 0.717) is 41.5 Å². The number of hydrazone groups is 1. The molecule has 0 bridgehead atoms. The van der Waals surface area contributed by atoms with Crippen molar-refractivity contribution in [1.29, 1.82) is 0 Å². The number of carbonyl (C=O) groups is 1. The Balaban J connectivity index is 1.67. The number of fused-ring (bicyclic) bond motifs is 1. The van der Waals surface area contributed by atoms with Crippen LogP contribution in [0.15, 0.2) is 47.6 Å². The summed E-state index contributed by atoms with van der Waals surface area (Å²) in [5.74, 6) is 0.818. The number of hydrogen-bond donors (Lipinski definition) is 1. The van der Waals surface area contributed by atoms with E-state index >= 15 is 0 Å². The molecule has 0 aromatic heterocycles. The molecule has 2 aromatic carbocycles.